The first-order valence-electron chi connectivity index (χ1n) is 10.9. The summed E-state index contributed by atoms with van der Waals surface area (Å²) in [6, 6.07) is 0. The largest absolute Gasteiger partial charge is 0.465 e. The number of carbonyl (C=O) groups excluding carboxylic acids is 2. The average molecular weight is 371 g/mol. The van der Waals surface area contributed by atoms with Crippen LogP contribution in [0, 0.1) is 11.3 Å². The minimum Gasteiger partial charge on any atom is -0.465 e. The van der Waals surface area contributed by atoms with Gasteiger partial charge in [-0.15, -0.1) is 0 Å². The van der Waals surface area contributed by atoms with E-state index in [0.29, 0.717) is 32.0 Å². The molecule has 0 aliphatic carbocycles. The van der Waals surface area contributed by atoms with Crippen LogP contribution in [0.2, 0.25) is 0 Å². The van der Waals surface area contributed by atoms with Crippen LogP contribution < -0.4 is 0 Å². The zero-order valence-corrected chi connectivity index (χ0v) is 17.9. The lowest BCUT2D eigenvalue weighted by molar-refractivity contribution is -0.174. The second kappa shape index (κ2) is 15.0. The van der Waals surface area contributed by atoms with Gasteiger partial charge in [-0.05, 0) is 25.2 Å². The molecule has 0 fully saturated rings. The standard InChI is InChI=1S/C22H42O4/c1-6-11-12-13-14-15-16-17-25-20(23)22(9-4,10-5)21(24)26-18-19(7-2)8-3/h19H,6-18H2,1-5H3. The molecule has 4 nitrogen and oxygen atoms in total. The van der Waals surface area contributed by atoms with Gasteiger partial charge in [0.1, 0.15) is 0 Å². The molecule has 0 rings (SSSR count). The van der Waals surface area contributed by atoms with E-state index in [4.69, 9.17) is 9.47 Å². The molecule has 0 saturated heterocycles. The van der Waals surface area contributed by atoms with Crippen molar-refractivity contribution in [2.75, 3.05) is 13.2 Å². The first kappa shape index (κ1) is 24.9. The predicted octanol–water partition coefficient (Wildman–Crippen LogP) is 6.07. The second-order valence-electron chi connectivity index (χ2n) is 7.33. The van der Waals surface area contributed by atoms with Gasteiger partial charge in [0, 0.05) is 0 Å². The van der Waals surface area contributed by atoms with Crippen LogP contribution in [-0.2, 0) is 19.1 Å². The van der Waals surface area contributed by atoms with Gasteiger partial charge in [0.2, 0.25) is 0 Å². The molecule has 0 amide bonds. The van der Waals surface area contributed by atoms with Crippen molar-refractivity contribution in [3.05, 3.63) is 0 Å². The van der Waals surface area contributed by atoms with E-state index in [9.17, 15) is 9.59 Å². The average Bonchev–Trinajstić information content (AvgIpc) is 2.66. The lowest BCUT2D eigenvalue weighted by Crippen LogP contribution is -2.41. The maximum atomic E-state index is 12.6. The fourth-order valence-corrected chi connectivity index (χ4v) is 3.13. The van der Waals surface area contributed by atoms with E-state index < -0.39 is 17.4 Å². The fourth-order valence-electron chi connectivity index (χ4n) is 3.13. The van der Waals surface area contributed by atoms with Crippen molar-refractivity contribution in [3.63, 3.8) is 0 Å². The molecule has 0 N–H and O–H groups in total. The van der Waals surface area contributed by atoms with Gasteiger partial charge in [-0.2, -0.15) is 0 Å². The molecule has 154 valence electrons. The first-order valence-corrected chi connectivity index (χ1v) is 10.9. The molecule has 0 heterocycles. The third-order valence-electron chi connectivity index (χ3n) is 5.57. The van der Waals surface area contributed by atoms with Crippen LogP contribution >= 0.6 is 0 Å². The van der Waals surface area contributed by atoms with Crippen LogP contribution in [0.3, 0.4) is 0 Å². The Morgan fingerprint density at radius 1 is 0.731 bits per heavy atom. The first-order chi connectivity index (χ1) is 12.5. The van der Waals surface area contributed by atoms with Gasteiger partial charge in [-0.25, -0.2) is 0 Å². The van der Waals surface area contributed by atoms with Crippen LogP contribution in [0.25, 0.3) is 0 Å². The van der Waals surface area contributed by atoms with Crippen molar-refractivity contribution in [3.8, 4) is 0 Å². The summed E-state index contributed by atoms with van der Waals surface area (Å²) in [4.78, 5) is 25.2. The molecule has 0 aromatic rings. The Morgan fingerprint density at radius 2 is 1.23 bits per heavy atom. The van der Waals surface area contributed by atoms with Crippen LogP contribution in [0.1, 0.15) is 105 Å². The monoisotopic (exact) mass is 370 g/mol. The van der Waals surface area contributed by atoms with E-state index >= 15 is 0 Å². The van der Waals surface area contributed by atoms with Crippen LogP contribution in [0.4, 0.5) is 0 Å². The van der Waals surface area contributed by atoms with E-state index in [-0.39, 0.29) is 0 Å². The maximum absolute atomic E-state index is 12.6. The SMILES string of the molecule is CCCCCCCCCOC(=O)C(CC)(CC)C(=O)OCC(CC)CC. The summed E-state index contributed by atoms with van der Waals surface area (Å²) in [7, 11) is 0. The fraction of sp³-hybridized carbons (Fsp3) is 0.909. The molecule has 0 bridgehead atoms. The summed E-state index contributed by atoms with van der Waals surface area (Å²) < 4.78 is 11.0. The van der Waals surface area contributed by atoms with Gasteiger partial charge >= 0.3 is 11.9 Å². The van der Waals surface area contributed by atoms with Crippen molar-refractivity contribution in [2.45, 2.75) is 105 Å². The summed E-state index contributed by atoms with van der Waals surface area (Å²) >= 11 is 0. The number of carbonyl (C=O) groups is 2. The Kier molecular flexibility index (Phi) is 14.4. The third kappa shape index (κ3) is 8.55. The molecule has 0 saturated carbocycles. The lowest BCUT2D eigenvalue weighted by atomic mass is 9.82. The Labute approximate surface area is 161 Å². The second-order valence-corrected chi connectivity index (χ2v) is 7.33. The highest BCUT2D eigenvalue weighted by molar-refractivity contribution is 5.99. The summed E-state index contributed by atoms with van der Waals surface area (Å²) in [5.74, 6) is -0.476. The number of rotatable bonds is 16. The van der Waals surface area contributed by atoms with E-state index in [1.54, 1.807) is 0 Å². The Morgan fingerprint density at radius 3 is 1.73 bits per heavy atom. The van der Waals surface area contributed by atoms with Gasteiger partial charge in [-0.1, -0.05) is 86.0 Å². The van der Waals surface area contributed by atoms with Crippen molar-refractivity contribution < 1.29 is 19.1 Å². The molecule has 0 aliphatic rings. The highest BCUT2D eigenvalue weighted by Gasteiger charge is 2.46. The smallest absolute Gasteiger partial charge is 0.323 e. The van der Waals surface area contributed by atoms with Crippen molar-refractivity contribution in [2.24, 2.45) is 11.3 Å². The maximum Gasteiger partial charge on any atom is 0.323 e. The van der Waals surface area contributed by atoms with Crippen molar-refractivity contribution in [1.29, 1.82) is 0 Å². The zero-order chi connectivity index (χ0) is 19.8. The molecule has 0 aromatic heterocycles. The molecular formula is C22H42O4. The normalized spacial score (nSPS) is 11.6. The van der Waals surface area contributed by atoms with E-state index in [0.717, 1.165) is 25.7 Å². The van der Waals surface area contributed by atoms with Gasteiger partial charge in [0.05, 0.1) is 13.2 Å². The molecule has 4 heteroatoms. The Hall–Kier alpha value is -1.06. The lowest BCUT2D eigenvalue weighted by Gasteiger charge is -2.27. The minimum atomic E-state index is -1.15. The number of esters is 2. The molecule has 26 heavy (non-hydrogen) atoms. The summed E-state index contributed by atoms with van der Waals surface area (Å²) in [5, 5.41) is 0. The van der Waals surface area contributed by atoms with Gasteiger partial charge in [0.25, 0.3) is 0 Å². The number of hydrogen-bond acceptors (Lipinski definition) is 4. The Balaban J connectivity index is 4.38. The summed E-state index contributed by atoms with van der Waals surface area (Å²) in [6.07, 6.45) is 11.0. The zero-order valence-electron chi connectivity index (χ0n) is 17.9. The highest BCUT2D eigenvalue weighted by Crippen LogP contribution is 2.30. The summed E-state index contributed by atoms with van der Waals surface area (Å²) in [6.45, 7) is 10.9. The molecule has 0 spiro atoms. The molecular weight excluding hydrogens is 328 g/mol. The minimum absolute atomic E-state index is 0.356. The van der Waals surface area contributed by atoms with Crippen molar-refractivity contribution in [1.82, 2.24) is 0 Å². The predicted molar refractivity (Wildman–Crippen MR) is 107 cm³/mol. The van der Waals surface area contributed by atoms with Crippen LogP contribution in [0.15, 0.2) is 0 Å². The van der Waals surface area contributed by atoms with Gasteiger partial charge < -0.3 is 9.47 Å². The number of ether oxygens (including phenoxy) is 2. The third-order valence-corrected chi connectivity index (χ3v) is 5.57. The highest BCUT2D eigenvalue weighted by atomic mass is 16.6. The molecule has 0 aliphatic heterocycles. The van der Waals surface area contributed by atoms with Gasteiger partial charge in [-0.3, -0.25) is 9.59 Å². The molecule has 0 atom stereocenters. The molecule has 0 aromatic carbocycles. The van der Waals surface area contributed by atoms with Gasteiger partial charge in [0.15, 0.2) is 5.41 Å². The quantitative estimate of drug-likeness (QED) is 0.188. The Bertz CT molecular complexity index is 370. The van der Waals surface area contributed by atoms with E-state index in [1.165, 1.54) is 32.1 Å². The van der Waals surface area contributed by atoms with E-state index in [1.807, 2.05) is 13.8 Å². The van der Waals surface area contributed by atoms with E-state index in [2.05, 4.69) is 20.8 Å². The number of unbranched alkanes of at least 4 members (excludes halogenated alkanes) is 6. The van der Waals surface area contributed by atoms with Crippen LogP contribution in [0.5, 0.6) is 0 Å². The van der Waals surface area contributed by atoms with Crippen LogP contribution in [-0.4, -0.2) is 25.2 Å². The van der Waals surface area contributed by atoms with Crippen molar-refractivity contribution >= 4 is 11.9 Å². The topological polar surface area (TPSA) is 52.6 Å². The summed E-state index contributed by atoms with van der Waals surface area (Å²) in [5.41, 5.74) is -1.15. The molecule has 0 radical (unpaired) electrons. The number of hydrogen-bond donors (Lipinski definition) is 0. The molecule has 0 unspecified atom stereocenters.